The highest BCUT2D eigenvalue weighted by atomic mass is 16.6. The maximum Gasteiger partial charge on any atom is 0.334 e. The van der Waals surface area contributed by atoms with Crippen molar-refractivity contribution in [2.75, 3.05) is 13.2 Å². The molecule has 0 amide bonds. The predicted molar refractivity (Wildman–Crippen MR) is 49.6 cm³/mol. The molecule has 2 aliphatic carbocycles. The third kappa shape index (κ3) is 1.46. The molecule has 3 nitrogen and oxygen atoms in total. The Labute approximate surface area is 83.1 Å². The summed E-state index contributed by atoms with van der Waals surface area (Å²) in [5.74, 6) is 1.04. The molecule has 14 heavy (non-hydrogen) atoms. The van der Waals surface area contributed by atoms with Gasteiger partial charge in [-0.15, -0.1) is 0 Å². The molecule has 3 atom stereocenters. The molecule has 2 bridgehead atoms. The molecule has 2 fully saturated rings. The van der Waals surface area contributed by atoms with Gasteiger partial charge in [-0.1, -0.05) is 6.08 Å². The smallest absolute Gasteiger partial charge is 0.334 e. The summed E-state index contributed by atoms with van der Waals surface area (Å²) >= 11 is 0. The van der Waals surface area contributed by atoms with Crippen LogP contribution in [0.1, 0.15) is 19.3 Å². The summed E-state index contributed by atoms with van der Waals surface area (Å²) in [6, 6.07) is 0. The molecule has 1 aliphatic heterocycles. The monoisotopic (exact) mass is 194 g/mol. The van der Waals surface area contributed by atoms with Gasteiger partial charge in [0.1, 0.15) is 12.7 Å². The lowest BCUT2D eigenvalue weighted by atomic mass is 9.99. The molecule has 1 heterocycles. The lowest BCUT2D eigenvalue weighted by Gasteiger charge is -2.11. The van der Waals surface area contributed by atoms with Crippen molar-refractivity contribution in [2.45, 2.75) is 25.4 Å². The van der Waals surface area contributed by atoms with Gasteiger partial charge in [0.15, 0.2) is 0 Å². The zero-order valence-electron chi connectivity index (χ0n) is 8.07. The molecule has 0 radical (unpaired) electrons. The zero-order valence-corrected chi connectivity index (χ0v) is 8.07. The minimum Gasteiger partial charge on any atom is -0.459 e. The van der Waals surface area contributed by atoms with Crippen molar-refractivity contribution in [3.63, 3.8) is 0 Å². The van der Waals surface area contributed by atoms with Gasteiger partial charge in [0.2, 0.25) is 0 Å². The Morgan fingerprint density at radius 1 is 1.57 bits per heavy atom. The molecule has 3 unspecified atom stereocenters. The van der Waals surface area contributed by atoms with Crippen molar-refractivity contribution < 1.29 is 14.3 Å². The molecule has 0 spiro atoms. The normalized spacial score (nSPS) is 38.3. The van der Waals surface area contributed by atoms with Gasteiger partial charge >= 0.3 is 5.97 Å². The Morgan fingerprint density at radius 3 is 3.00 bits per heavy atom. The Balaban J connectivity index is 1.59. The number of allylic oxidation sites excluding steroid dienone is 1. The largest absolute Gasteiger partial charge is 0.459 e. The van der Waals surface area contributed by atoms with Crippen molar-refractivity contribution in [2.24, 2.45) is 11.8 Å². The fourth-order valence-corrected chi connectivity index (χ4v) is 2.49. The lowest BCUT2D eigenvalue weighted by molar-refractivity contribution is -0.140. The number of carbonyl (C=O) groups is 1. The van der Waals surface area contributed by atoms with Crippen LogP contribution in [-0.4, -0.2) is 25.3 Å². The van der Waals surface area contributed by atoms with E-state index in [-0.39, 0.29) is 12.1 Å². The Bertz CT molecular complexity index is 291. The first kappa shape index (κ1) is 8.48. The summed E-state index contributed by atoms with van der Waals surface area (Å²) in [7, 11) is 0. The maximum absolute atomic E-state index is 11.6. The van der Waals surface area contributed by atoms with Crippen LogP contribution in [0.5, 0.6) is 0 Å². The van der Waals surface area contributed by atoms with Crippen LogP contribution in [-0.2, 0) is 14.3 Å². The van der Waals surface area contributed by atoms with Gasteiger partial charge in [0.05, 0.1) is 6.61 Å². The second-order valence-corrected chi connectivity index (χ2v) is 4.45. The molecule has 76 valence electrons. The molecule has 0 N–H and O–H groups in total. The Kier molecular flexibility index (Phi) is 1.87. The third-order valence-electron chi connectivity index (χ3n) is 3.37. The number of esters is 1. The maximum atomic E-state index is 11.6. The van der Waals surface area contributed by atoms with E-state index in [1.165, 1.54) is 19.3 Å². The van der Waals surface area contributed by atoms with Crippen LogP contribution in [0.2, 0.25) is 0 Å². The number of hydrogen-bond donors (Lipinski definition) is 0. The van der Waals surface area contributed by atoms with Gasteiger partial charge in [-0.2, -0.15) is 0 Å². The first-order chi connectivity index (χ1) is 6.83. The molecular formula is C11H14O3. The number of rotatable bonds is 3. The van der Waals surface area contributed by atoms with Crippen LogP contribution in [0.4, 0.5) is 0 Å². The summed E-state index contributed by atoms with van der Waals surface area (Å²) in [5, 5.41) is 0. The molecule has 0 aromatic heterocycles. The first-order valence-corrected chi connectivity index (χ1v) is 5.33. The average Bonchev–Trinajstić information content (AvgIpc) is 2.79. The van der Waals surface area contributed by atoms with E-state index in [1.54, 1.807) is 0 Å². The minimum absolute atomic E-state index is 0.104. The van der Waals surface area contributed by atoms with E-state index < -0.39 is 0 Å². The fourth-order valence-electron chi connectivity index (χ4n) is 2.49. The molecule has 1 saturated carbocycles. The van der Waals surface area contributed by atoms with Gasteiger partial charge in [-0.05, 0) is 31.1 Å². The van der Waals surface area contributed by atoms with E-state index in [2.05, 4.69) is 6.08 Å². The molecule has 0 aromatic carbocycles. The van der Waals surface area contributed by atoms with Crippen molar-refractivity contribution in [1.82, 2.24) is 0 Å². The van der Waals surface area contributed by atoms with E-state index in [0.29, 0.717) is 18.4 Å². The van der Waals surface area contributed by atoms with E-state index in [1.807, 2.05) is 0 Å². The molecule has 3 heteroatoms. The molecule has 3 aliphatic rings. The van der Waals surface area contributed by atoms with Gasteiger partial charge in [-0.25, -0.2) is 4.79 Å². The van der Waals surface area contributed by atoms with Gasteiger partial charge in [-0.3, -0.25) is 0 Å². The fraction of sp³-hybridized carbons (Fsp3) is 0.727. The van der Waals surface area contributed by atoms with E-state index in [9.17, 15) is 4.79 Å². The predicted octanol–water partition coefficient (Wildman–Crippen LogP) is 1.28. The summed E-state index contributed by atoms with van der Waals surface area (Å²) in [6.45, 7) is 1.19. The Hall–Kier alpha value is -0.830. The van der Waals surface area contributed by atoms with Crippen LogP contribution >= 0.6 is 0 Å². The topological polar surface area (TPSA) is 38.8 Å². The van der Waals surface area contributed by atoms with Crippen molar-refractivity contribution in [3.8, 4) is 0 Å². The molecule has 1 saturated heterocycles. The van der Waals surface area contributed by atoms with Crippen LogP contribution in [0.3, 0.4) is 0 Å². The van der Waals surface area contributed by atoms with Crippen LogP contribution in [0, 0.1) is 11.8 Å². The third-order valence-corrected chi connectivity index (χ3v) is 3.37. The van der Waals surface area contributed by atoms with Crippen LogP contribution < -0.4 is 0 Å². The summed E-state index contributed by atoms with van der Waals surface area (Å²) < 4.78 is 10.2. The van der Waals surface area contributed by atoms with Crippen molar-refractivity contribution in [1.29, 1.82) is 0 Å². The quantitative estimate of drug-likeness (QED) is 0.502. The molecule has 0 aromatic rings. The van der Waals surface area contributed by atoms with Crippen molar-refractivity contribution >= 4 is 5.97 Å². The number of carbonyl (C=O) groups excluding carboxylic acids is 1. The van der Waals surface area contributed by atoms with Crippen molar-refractivity contribution in [3.05, 3.63) is 11.6 Å². The number of hydrogen-bond acceptors (Lipinski definition) is 3. The van der Waals surface area contributed by atoms with E-state index >= 15 is 0 Å². The zero-order chi connectivity index (χ0) is 9.54. The first-order valence-electron chi connectivity index (χ1n) is 5.33. The van der Waals surface area contributed by atoms with Gasteiger partial charge < -0.3 is 9.47 Å². The highest BCUT2D eigenvalue weighted by molar-refractivity contribution is 5.90. The summed E-state index contributed by atoms with van der Waals surface area (Å²) in [4.78, 5) is 11.6. The molecule has 3 rings (SSSR count). The van der Waals surface area contributed by atoms with Crippen LogP contribution in [0.25, 0.3) is 0 Å². The number of epoxide rings is 1. The lowest BCUT2D eigenvalue weighted by Crippen LogP contribution is -2.15. The van der Waals surface area contributed by atoms with Gasteiger partial charge in [0, 0.05) is 5.57 Å². The van der Waals surface area contributed by atoms with Gasteiger partial charge in [0.25, 0.3) is 0 Å². The average molecular weight is 194 g/mol. The minimum atomic E-state index is -0.104. The number of ether oxygens (including phenoxy) is 2. The number of fused-ring (bicyclic) bond motifs is 2. The highest BCUT2D eigenvalue weighted by Crippen LogP contribution is 2.43. The summed E-state index contributed by atoms with van der Waals surface area (Å²) in [6.07, 6.45) is 5.89. The Morgan fingerprint density at radius 2 is 2.43 bits per heavy atom. The van der Waals surface area contributed by atoms with E-state index in [4.69, 9.17) is 9.47 Å². The second kappa shape index (κ2) is 3.09. The standard InChI is InChI=1S/C11H14O3/c12-11(14-6-9-5-13-9)10-4-7-1-2-8(10)3-7/h4,7-9H,1-3,5-6H2. The SMILES string of the molecule is O=C(OCC1CO1)C1=CC2CCC1C2. The second-order valence-electron chi connectivity index (χ2n) is 4.45. The van der Waals surface area contributed by atoms with E-state index in [0.717, 1.165) is 12.2 Å². The molecular weight excluding hydrogens is 180 g/mol. The summed E-state index contributed by atoms with van der Waals surface area (Å²) in [5.41, 5.74) is 0.932. The highest BCUT2D eigenvalue weighted by Gasteiger charge is 2.37. The van der Waals surface area contributed by atoms with Crippen LogP contribution in [0.15, 0.2) is 11.6 Å².